The molecule has 1 aromatic rings. The minimum atomic E-state index is -1.16. The molecular weight excluding hydrogens is 290 g/mol. The molecule has 0 bridgehead atoms. The minimum Gasteiger partial charge on any atom is -0.481 e. The van der Waals surface area contributed by atoms with Crippen molar-refractivity contribution in [2.24, 2.45) is 0 Å². The van der Waals surface area contributed by atoms with Crippen LogP contribution in [0.5, 0.6) is 0 Å². The predicted molar refractivity (Wildman–Crippen MR) is 66.2 cm³/mol. The van der Waals surface area contributed by atoms with Crippen molar-refractivity contribution in [2.75, 3.05) is 11.9 Å². The lowest BCUT2D eigenvalue weighted by atomic mass is 10.1. The van der Waals surface area contributed by atoms with E-state index in [-0.39, 0.29) is 0 Å². The molecule has 0 aliphatic rings. The van der Waals surface area contributed by atoms with Crippen molar-refractivity contribution >= 4 is 33.6 Å². The van der Waals surface area contributed by atoms with Gasteiger partial charge >= 0.3 is 11.9 Å². The lowest BCUT2D eigenvalue weighted by Crippen LogP contribution is -2.40. The zero-order valence-corrected chi connectivity index (χ0v) is 10.7. The standard InChI is InChI=1S/C11H12BrNO4/c1-13(8-4-2-3-7(12)5-8)9(11(16)17)6-10(14)15/h2-5,9H,6H2,1H3,(H,14,15)(H,16,17). The van der Waals surface area contributed by atoms with E-state index in [0.29, 0.717) is 5.69 Å². The molecule has 1 unspecified atom stereocenters. The lowest BCUT2D eigenvalue weighted by molar-refractivity contribution is -0.145. The fourth-order valence-electron chi connectivity index (χ4n) is 1.43. The van der Waals surface area contributed by atoms with Crippen LogP contribution >= 0.6 is 15.9 Å². The SMILES string of the molecule is CN(c1cccc(Br)c1)C(CC(=O)O)C(=O)O. The van der Waals surface area contributed by atoms with Crippen molar-refractivity contribution in [3.05, 3.63) is 28.7 Å². The topological polar surface area (TPSA) is 77.8 Å². The van der Waals surface area contributed by atoms with Crippen molar-refractivity contribution in [3.63, 3.8) is 0 Å². The summed E-state index contributed by atoms with van der Waals surface area (Å²) in [5.74, 6) is -2.30. The molecule has 0 heterocycles. The molecule has 0 fully saturated rings. The normalized spacial score (nSPS) is 11.9. The van der Waals surface area contributed by atoms with Gasteiger partial charge in [-0.3, -0.25) is 4.79 Å². The van der Waals surface area contributed by atoms with Gasteiger partial charge < -0.3 is 15.1 Å². The number of hydrogen-bond donors (Lipinski definition) is 2. The van der Waals surface area contributed by atoms with E-state index in [9.17, 15) is 9.59 Å². The summed E-state index contributed by atoms with van der Waals surface area (Å²) in [7, 11) is 1.56. The van der Waals surface area contributed by atoms with E-state index < -0.39 is 24.4 Å². The van der Waals surface area contributed by atoms with Gasteiger partial charge in [0.05, 0.1) is 6.42 Å². The lowest BCUT2D eigenvalue weighted by Gasteiger charge is -2.25. The predicted octanol–water partition coefficient (Wildman–Crippen LogP) is 1.81. The van der Waals surface area contributed by atoms with Gasteiger partial charge in [-0.25, -0.2) is 4.79 Å². The Morgan fingerprint density at radius 1 is 1.41 bits per heavy atom. The van der Waals surface area contributed by atoms with Gasteiger partial charge in [0.1, 0.15) is 6.04 Å². The van der Waals surface area contributed by atoms with Crippen LogP contribution in [-0.4, -0.2) is 35.2 Å². The first-order valence-corrected chi connectivity index (χ1v) is 5.64. The van der Waals surface area contributed by atoms with Crippen LogP contribution in [0.1, 0.15) is 6.42 Å². The third-order valence-corrected chi connectivity index (χ3v) is 2.83. The van der Waals surface area contributed by atoms with Crippen LogP contribution in [-0.2, 0) is 9.59 Å². The molecule has 92 valence electrons. The maximum atomic E-state index is 11.0. The zero-order chi connectivity index (χ0) is 13.0. The zero-order valence-electron chi connectivity index (χ0n) is 9.13. The maximum absolute atomic E-state index is 11.0. The summed E-state index contributed by atoms with van der Waals surface area (Å²) >= 11 is 3.28. The van der Waals surface area contributed by atoms with Gasteiger partial charge in [-0.05, 0) is 18.2 Å². The number of rotatable bonds is 5. The second-order valence-electron chi connectivity index (χ2n) is 3.54. The van der Waals surface area contributed by atoms with Gasteiger partial charge in [0.15, 0.2) is 0 Å². The quantitative estimate of drug-likeness (QED) is 0.867. The molecule has 1 aromatic carbocycles. The summed E-state index contributed by atoms with van der Waals surface area (Å²) < 4.78 is 0.807. The molecule has 0 amide bonds. The molecule has 1 atom stereocenters. The summed E-state index contributed by atoms with van der Waals surface area (Å²) in [6, 6.07) is 5.95. The summed E-state index contributed by atoms with van der Waals surface area (Å²) in [6.45, 7) is 0. The minimum absolute atomic E-state index is 0.446. The van der Waals surface area contributed by atoms with Crippen molar-refractivity contribution in [2.45, 2.75) is 12.5 Å². The van der Waals surface area contributed by atoms with Gasteiger partial charge in [0, 0.05) is 17.2 Å². The Balaban J connectivity index is 2.95. The van der Waals surface area contributed by atoms with Crippen LogP contribution in [0.15, 0.2) is 28.7 Å². The molecular formula is C11H12BrNO4. The van der Waals surface area contributed by atoms with Crippen LogP contribution < -0.4 is 4.90 Å². The molecule has 5 nitrogen and oxygen atoms in total. The molecule has 0 spiro atoms. The Morgan fingerprint density at radius 3 is 2.53 bits per heavy atom. The first-order valence-electron chi connectivity index (χ1n) is 4.85. The molecule has 6 heteroatoms. The van der Waals surface area contributed by atoms with Gasteiger partial charge in [0.25, 0.3) is 0 Å². The van der Waals surface area contributed by atoms with E-state index in [1.54, 1.807) is 25.2 Å². The first-order chi connectivity index (χ1) is 7.91. The summed E-state index contributed by atoms with van der Waals surface area (Å²) in [5.41, 5.74) is 0.646. The molecule has 2 N–H and O–H groups in total. The molecule has 17 heavy (non-hydrogen) atoms. The highest BCUT2D eigenvalue weighted by molar-refractivity contribution is 9.10. The second-order valence-corrected chi connectivity index (χ2v) is 4.46. The summed E-state index contributed by atoms with van der Waals surface area (Å²) in [5, 5.41) is 17.7. The van der Waals surface area contributed by atoms with Crippen LogP contribution in [0.3, 0.4) is 0 Å². The smallest absolute Gasteiger partial charge is 0.326 e. The molecule has 0 saturated heterocycles. The van der Waals surface area contributed by atoms with Crippen LogP contribution in [0.4, 0.5) is 5.69 Å². The number of carbonyl (C=O) groups is 2. The van der Waals surface area contributed by atoms with Crippen molar-refractivity contribution in [3.8, 4) is 0 Å². The first kappa shape index (κ1) is 13.5. The average Bonchev–Trinajstić information content (AvgIpc) is 2.24. The Hall–Kier alpha value is -1.56. The largest absolute Gasteiger partial charge is 0.481 e. The number of carboxylic acid groups (broad SMARTS) is 2. The van der Waals surface area contributed by atoms with Gasteiger partial charge in [-0.1, -0.05) is 22.0 Å². The number of carboxylic acids is 2. The van der Waals surface area contributed by atoms with Gasteiger partial charge in [0.2, 0.25) is 0 Å². The molecule has 1 rings (SSSR count). The molecule has 0 aliphatic heterocycles. The maximum Gasteiger partial charge on any atom is 0.326 e. The van der Waals surface area contributed by atoms with Crippen LogP contribution in [0.2, 0.25) is 0 Å². The highest BCUT2D eigenvalue weighted by atomic mass is 79.9. The number of anilines is 1. The van der Waals surface area contributed by atoms with Crippen LogP contribution in [0, 0.1) is 0 Å². The number of likely N-dealkylation sites (N-methyl/N-ethyl adjacent to an activating group) is 1. The van der Waals surface area contributed by atoms with Crippen LogP contribution in [0.25, 0.3) is 0 Å². The highest BCUT2D eigenvalue weighted by Crippen LogP contribution is 2.21. The molecule has 0 radical (unpaired) electrons. The van der Waals surface area contributed by atoms with Crippen molar-refractivity contribution < 1.29 is 19.8 Å². The van der Waals surface area contributed by atoms with Gasteiger partial charge in [-0.2, -0.15) is 0 Å². The highest BCUT2D eigenvalue weighted by Gasteiger charge is 2.25. The number of nitrogens with zero attached hydrogens (tertiary/aromatic N) is 1. The number of halogens is 1. The Morgan fingerprint density at radius 2 is 2.06 bits per heavy atom. The fraction of sp³-hybridized carbons (Fsp3) is 0.273. The average molecular weight is 302 g/mol. The Kier molecular flexibility index (Phi) is 4.51. The fourth-order valence-corrected chi connectivity index (χ4v) is 1.82. The third-order valence-electron chi connectivity index (χ3n) is 2.34. The van der Waals surface area contributed by atoms with Crippen molar-refractivity contribution in [1.82, 2.24) is 0 Å². The third kappa shape index (κ3) is 3.74. The molecule has 0 aromatic heterocycles. The molecule has 0 aliphatic carbocycles. The number of hydrogen-bond acceptors (Lipinski definition) is 3. The Bertz CT molecular complexity index is 435. The van der Waals surface area contributed by atoms with E-state index in [1.165, 1.54) is 4.90 Å². The van der Waals surface area contributed by atoms with E-state index in [1.807, 2.05) is 6.07 Å². The number of benzene rings is 1. The second kappa shape index (κ2) is 5.67. The van der Waals surface area contributed by atoms with E-state index in [4.69, 9.17) is 10.2 Å². The summed E-state index contributed by atoms with van der Waals surface area (Å²) in [6.07, 6.45) is -0.446. The monoisotopic (exact) mass is 301 g/mol. The van der Waals surface area contributed by atoms with E-state index >= 15 is 0 Å². The Labute approximate surface area is 107 Å². The van der Waals surface area contributed by atoms with E-state index in [2.05, 4.69) is 15.9 Å². The van der Waals surface area contributed by atoms with E-state index in [0.717, 1.165) is 4.47 Å². The summed E-state index contributed by atoms with van der Waals surface area (Å²) in [4.78, 5) is 23.1. The number of aliphatic carboxylic acids is 2. The van der Waals surface area contributed by atoms with Gasteiger partial charge in [-0.15, -0.1) is 0 Å². The van der Waals surface area contributed by atoms with Crippen molar-refractivity contribution in [1.29, 1.82) is 0 Å². The molecule has 0 saturated carbocycles.